The monoisotopic (exact) mass is 374 g/mol. The van der Waals surface area contributed by atoms with Gasteiger partial charge in [-0.2, -0.15) is 0 Å². The SMILES string of the molecule is Cc1cc2c(cn1)c(=O)oc1cc(OC[C@@](C)(N)CC(C)C)c(Cl)cc12. The normalized spacial score (nSPS) is 14.1. The van der Waals surface area contributed by atoms with E-state index >= 15 is 0 Å². The Morgan fingerprint density at radius 3 is 2.69 bits per heavy atom. The maximum absolute atomic E-state index is 12.2. The molecule has 1 atom stereocenters. The van der Waals surface area contributed by atoms with Gasteiger partial charge in [0.25, 0.3) is 0 Å². The van der Waals surface area contributed by atoms with Gasteiger partial charge in [-0.15, -0.1) is 0 Å². The minimum Gasteiger partial charge on any atom is -0.490 e. The molecule has 6 heteroatoms. The maximum Gasteiger partial charge on any atom is 0.345 e. The number of rotatable bonds is 5. The molecule has 0 saturated carbocycles. The van der Waals surface area contributed by atoms with E-state index in [2.05, 4.69) is 18.8 Å². The summed E-state index contributed by atoms with van der Waals surface area (Å²) in [6, 6.07) is 5.26. The Bertz CT molecular complexity index is 1020. The van der Waals surface area contributed by atoms with Crippen LogP contribution >= 0.6 is 11.6 Å². The van der Waals surface area contributed by atoms with Gasteiger partial charge < -0.3 is 14.9 Å². The Hall–Kier alpha value is -2.11. The van der Waals surface area contributed by atoms with Crippen molar-refractivity contribution in [2.45, 2.75) is 39.7 Å². The lowest BCUT2D eigenvalue weighted by molar-refractivity contribution is 0.207. The molecule has 138 valence electrons. The Labute approximate surface area is 157 Å². The predicted octanol–water partition coefficient (Wildman–Crippen LogP) is 4.45. The van der Waals surface area contributed by atoms with Gasteiger partial charge in [0.05, 0.1) is 10.4 Å². The predicted molar refractivity (Wildman–Crippen MR) is 105 cm³/mol. The van der Waals surface area contributed by atoms with Crippen LogP contribution in [-0.4, -0.2) is 17.1 Å². The van der Waals surface area contributed by atoms with Gasteiger partial charge in [0, 0.05) is 34.3 Å². The molecule has 2 N–H and O–H groups in total. The molecule has 0 saturated heterocycles. The molecule has 2 aromatic heterocycles. The van der Waals surface area contributed by atoms with Gasteiger partial charge in [0.15, 0.2) is 0 Å². The summed E-state index contributed by atoms with van der Waals surface area (Å²) in [5, 5.41) is 2.39. The zero-order valence-corrected chi connectivity index (χ0v) is 16.2. The minimum absolute atomic E-state index is 0.317. The molecule has 0 radical (unpaired) electrons. The van der Waals surface area contributed by atoms with Crippen LogP contribution in [0, 0.1) is 12.8 Å². The van der Waals surface area contributed by atoms with E-state index < -0.39 is 11.2 Å². The van der Waals surface area contributed by atoms with Gasteiger partial charge in [-0.25, -0.2) is 4.79 Å². The molecule has 2 heterocycles. The van der Waals surface area contributed by atoms with E-state index in [4.69, 9.17) is 26.5 Å². The summed E-state index contributed by atoms with van der Waals surface area (Å²) < 4.78 is 11.3. The third kappa shape index (κ3) is 3.84. The van der Waals surface area contributed by atoms with Crippen LogP contribution in [0.2, 0.25) is 5.02 Å². The number of benzene rings is 1. The lowest BCUT2D eigenvalue weighted by Crippen LogP contribution is -2.43. The fourth-order valence-corrected chi connectivity index (χ4v) is 3.49. The molecule has 0 bridgehead atoms. The summed E-state index contributed by atoms with van der Waals surface area (Å²) in [7, 11) is 0. The van der Waals surface area contributed by atoms with Crippen LogP contribution in [0.3, 0.4) is 0 Å². The zero-order chi connectivity index (χ0) is 19.1. The van der Waals surface area contributed by atoms with Gasteiger partial charge in [0.2, 0.25) is 0 Å². The number of nitrogens with zero attached hydrogens (tertiary/aromatic N) is 1. The van der Waals surface area contributed by atoms with E-state index in [-0.39, 0.29) is 0 Å². The van der Waals surface area contributed by atoms with Gasteiger partial charge in [-0.1, -0.05) is 25.4 Å². The van der Waals surface area contributed by atoms with E-state index in [1.165, 1.54) is 6.20 Å². The zero-order valence-electron chi connectivity index (χ0n) is 15.4. The van der Waals surface area contributed by atoms with E-state index in [9.17, 15) is 4.79 Å². The third-order valence-electron chi connectivity index (χ3n) is 4.22. The number of fused-ring (bicyclic) bond motifs is 3. The molecule has 0 aliphatic carbocycles. The van der Waals surface area contributed by atoms with E-state index in [1.54, 1.807) is 12.1 Å². The van der Waals surface area contributed by atoms with Crippen LogP contribution in [0.15, 0.2) is 33.6 Å². The molecule has 0 unspecified atom stereocenters. The Kier molecular flexibility index (Phi) is 4.95. The molecule has 5 nitrogen and oxygen atoms in total. The average molecular weight is 375 g/mol. The van der Waals surface area contributed by atoms with Crippen molar-refractivity contribution in [2.24, 2.45) is 11.7 Å². The number of pyridine rings is 1. The Morgan fingerprint density at radius 2 is 2.00 bits per heavy atom. The molecule has 0 fully saturated rings. The second kappa shape index (κ2) is 6.89. The van der Waals surface area contributed by atoms with Gasteiger partial charge in [-0.3, -0.25) is 4.98 Å². The van der Waals surface area contributed by atoms with E-state index in [0.29, 0.717) is 34.3 Å². The van der Waals surface area contributed by atoms with Crippen molar-refractivity contribution in [1.29, 1.82) is 0 Å². The summed E-state index contributed by atoms with van der Waals surface area (Å²) in [6.07, 6.45) is 2.35. The summed E-state index contributed by atoms with van der Waals surface area (Å²) in [5.41, 5.74) is 6.63. The lowest BCUT2D eigenvalue weighted by atomic mass is 9.93. The average Bonchev–Trinajstić information content (AvgIpc) is 2.52. The number of hydrogen-bond donors (Lipinski definition) is 1. The van der Waals surface area contributed by atoms with E-state index in [1.807, 2.05) is 19.9 Å². The number of nitrogens with two attached hydrogens (primary N) is 1. The first-order chi connectivity index (χ1) is 12.2. The van der Waals surface area contributed by atoms with Gasteiger partial charge in [0.1, 0.15) is 17.9 Å². The summed E-state index contributed by atoms with van der Waals surface area (Å²) >= 11 is 6.42. The Morgan fingerprint density at radius 1 is 1.27 bits per heavy atom. The molecular weight excluding hydrogens is 352 g/mol. The molecule has 3 rings (SSSR count). The van der Waals surface area contributed by atoms with Crippen LogP contribution in [0.1, 0.15) is 32.9 Å². The lowest BCUT2D eigenvalue weighted by Gasteiger charge is -2.26. The molecule has 26 heavy (non-hydrogen) atoms. The topological polar surface area (TPSA) is 78.3 Å². The van der Waals surface area contributed by atoms with Crippen molar-refractivity contribution < 1.29 is 9.15 Å². The smallest absolute Gasteiger partial charge is 0.345 e. The van der Waals surface area contributed by atoms with E-state index in [0.717, 1.165) is 22.9 Å². The highest BCUT2D eigenvalue weighted by Gasteiger charge is 2.22. The second-order valence-corrected chi connectivity index (χ2v) is 7.99. The number of ether oxygens (including phenoxy) is 1. The third-order valence-corrected chi connectivity index (χ3v) is 4.51. The number of aromatic nitrogens is 1. The molecule has 0 aliphatic rings. The first kappa shape index (κ1) is 18.7. The van der Waals surface area contributed by atoms with Gasteiger partial charge in [-0.05, 0) is 38.3 Å². The molecule has 0 aliphatic heterocycles. The molecule has 0 amide bonds. The van der Waals surface area contributed by atoms with Crippen molar-refractivity contribution in [2.75, 3.05) is 6.61 Å². The second-order valence-electron chi connectivity index (χ2n) is 7.58. The molecule has 1 aromatic carbocycles. The first-order valence-electron chi connectivity index (χ1n) is 8.61. The van der Waals surface area contributed by atoms with Crippen molar-refractivity contribution in [1.82, 2.24) is 4.98 Å². The van der Waals surface area contributed by atoms with Crippen LogP contribution < -0.4 is 16.1 Å². The highest BCUT2D eigenvalue weighted by molar-refractivity contribution is 6.33. The highest BCUT2D eigenvalue weighted by atomic mass is 35.5. The maximum atomic E-state index is 12.2. The molecule has 0 spiro atoms. The summed E-state index contributed by atoms with van der Waals surface area (Å²) in [6.45, 7) is 8.37. The van der Waals surface area contributed by atoms with Crippen LogP contribution in [0.25, 0.3) is 21.7 Å². The van der Waals surface area contributed by atoms with Crippen molar-refractivity contribution in [3.8, 4) is 5.75 Å². The first-order valence-corrected chi connectivity index (χ1v) is 8.98. The van der Waals surface area contributed by atoms with Crippen molar-refractivity contribution >= 4 is 33.3 Å². The Balaban J connectivity index is 2.03. The number of hydrogen-bond acceptors (Lipinski definition) is 5. The molecular formula is C20H23ClN2O3. The minimum atomic E-state index is -0.473. The van der Waals surface area contributed by atoms with Crippen LogP contribution in [0.5, 0.6) is 5.75 Å². The highest BCUT2D eigenvalue weighted by Crippen LogP contribution is 2.33. The number of halogens is 1. The van der Waals surface area contributed by atoms with Crippen molar-refractivity contribution in [3.63, 3.8) is 0 Å². The van der Waals surface area contributed by atoms with Crippen molar-refractivity contribution in [3.05, 3.63) is 45.5 Å². The van der Waals surface area contributed by atoms with Crippen LogP contribution in [0.4, 0.5) is 0 Å². The summed E-state index contributed by atoms with van der Waals surface area (Å²) in [4.78, 5) is 16.4. The number of aryl methyl sites for hydroxylation is 1. The quantitative estimate of drug-likeness (QED) is 0.527. The standard InChI is InChI=1S/C20H23ClN2O3/c1-11(2)8-20(4,22)10-25-18-7-17-14(6-16(18)21)13-5-12(3)23-9-15(13)19(24)26-17/h5-7,9,11H,8,10,22H2,1-4H3/t20-/m0/s1. The molecule has 3 aromatic rings. The summed E-state index contributed by atoms with van der Waals surface area (Å²) in [5.74, 6) is 0.912. The largest absolute Gasteiger partial charge is 0.490 e. The fourth-order valence-electron chi connectivity index (χ4n) is 3.27. The van der Waals surface area contributed by atoms with Crippen LogP contribution in [-0.2, 0) is 0 Å². The fraction of sp³-hybridized carbons (Fsp3) is 0.400. The van der Waals surface area contributed by atoms with Gasteiger partial charge >= 0.3 is 5.63 Å².